The van der Waals surface area contributed by atoms with Gasteiger partial charge in [0.05, 0.1) is 53.3 Å². The van der Waals surface area contributed by atoms with Gasteiger partial charge in [-0.25, -0.2) is 9.79 Å². The van der Waals surface area contributed by atoms with Gasteiger partial charge >= 0.3 is 5.97 Å². The van der Waals surface area contributed by atoms with Crippen LogP contribution in [0.3, 0.4) is 0 Å². The lowest BCUT2D eigenvalue weighted by atomic mass is 9.96. The number of methoxy groups -OCH3 is 2. The van der Waals surface area contributed by atoms with E-state index in [2.05, 4.69) is 4.99 Å². The molecular weight excluding hydrogens is 651 g/mol. The average Bonchev–Trinajstić information content (AvgIpc) is 3.35. The van der Waals surface area contributed by atoms with Crippen LogP contribution in [0.2, 0.25) is 10.0 Å². The molecule has 1 aliphatic heterocycles. The number of hydrogen-bond donors (Lipinski definition) is 0. The van der Waals surface area contributed by atoms with Crippen molar-refractivity contribution >= 4 is 46.6 Å². The second-order valence-corrected chi connectivity index (χ2v) is 11.8. The lowest BCUT2D eigenvalue weighted by Gasteiger charge is -2.25. The molecule has 0 aliphatic carbocycles. The molecule has 0 unspecified atom stereocenters. The summed E-state index contributed by atoms with van der Waals surface area (Å²) >= 11 is 14.2. The maximum Gasteiger partial charge on any atom is 0.338 e. The van der Waals surface area contributed by atoms with Crippen LogP contribution in [0.15, 0.2) is 75.7 Å². The minimum absolute atomic E-state index is 0.158. The molecule has 0 bridgehead atoms. The Morgan fingerprint density at radius 3 is 2.48 bits per heavy atom. The fraction of sp³-hybridized carbons (Fsp3) is 0.265. The molecule has 1 atom stereocenters. The molecule has 4 aromatic rings. The summed E-state index contributed by atoms with van der Waals surface area (Å²) in [4.78, 5) is 32.2. The van der Waals surface area contributed by atoms with Crippen LogP contribution in [-0.2, 0) is 16.1 Å². The standard InChI is InChI=1S/C34H32Cl2N2O7S/c1-6-43-27-15-20(11-13-26(27)45-18-21-17-22(41-4)12-14-25(21)42-5)16-28-32(39)38-31(23-9-8-10-24(35)30(23)36)29(33(40)44-7-2)19(3)37-34(38)46-28/h8-17,31H,6-7,18H2,1-5H3/b28-16-/t31-/m0/s1. The second-order valence-electron chi connectivity index (χ2n) is 10.1. The first-order valence-corrected chi connectivity index (χ1v) is 16.0. The van der Waals surface area contributed by atoms with E-state index < -0.39 is 12.0 Å². The number of benzene rings is 3. The van der Waals surface area contributed by atoms with Crippen molar-refractivity contribution in [3.63, 3.8) is 0 Å². The number of allylic oxidation sites excluding steroid dienone is 1. The molecule has 0 amide bonds. The summed E-state index contributed by atoms with van der Waals surface area (Å²) < 4.78 is 30.1. The molecule has 0 N–H and O–H groups in total. The van der Waals surface area contributed by atoms with Crippen molar-refractivity contribution in [1.29, 1.82) is 0 Å². The van der Waals surface area contributed by atoms with E-state index in [1.807, 2.05) is 31.2 Å². The third kappa shape index (κ3) is 6.65. The normalized spacial score (nSPS) is 14.4. The summed E-state index contributed by atoms with van der Waals surface area (Å²) in [5.74, 6) is 1.81. The maximum atomic E-state index is 14.0. The average molecular weight is 684 g/mol. The maximum absolute atomic E-state index is 14.0. The van der Waals surface area contributed by atoms with Gasteiger partial charge in [0.2, 0.25) is 0 Å². The third-order valence-corrected chi connectivity index (χ3v) is 9.05. The van der Waals surface area contributed by atoms with Gasteiger partial charge in [-0.05, 0) is 68.8 Å². The van der Waals surface area contributed by atoms with Crippen molar-refractivity contribution in [3.8, 4) is 23.0 Å². The summed E-state index contributed by atoms with van der Waals surface area (Å²) in [5, 5.41) is 0.540. The summed E-state index contributed by atoms with van der Waals surface area (Å²) in [5.41, 5.74) is 2.31. The largest absolute Gasteiger partial charge is 0.497 e. The van der Waals surface area contributed by atoms with Gasteiger partial charge in [-0.3, -0.25) is 9.36 Å². The fourth-order valence-corrected chi connectivity index (χ4v) is 6.58. The van der Waals surface area contributed by atoms with Crippen LogP contribution in [0, 0.1) is 0 Å². The first-order chi connectivity index (χ1) is 22.2. The van der Waals surface area contributed by atoms with Gasteiger partial charge in [0.25, 0.3) is 5.56 Å². The smallest absolute Gasteiger partial charge is 0.338 e. The van der Waals surface area contributed by atoms with Gasteiger partial charge in [-0.1, -0.05) is 52.7 Å². The molecule has 0 fully saturated rings. The number of esters is 1. The number of thiazole rings is 1. The van der Waals surface area contributed by atoms with E-state index in [1.165, 1.54) is 15.9 Å². The highest BCUT2D eigenvalue weighted by molar-refractivity contribution is 7.07. The minimum atomic E-state index is -0.882. The monoisotopic (exact) mass is 682 g/mol. The van der Waals surface area contributed by atoms with Gasteiger partial charge in [0.1, 0.15) is 24.1 Å². The summed E-state index contributed by atoms with van der Waals surface area (Å²) in [6, 6.07) is 15.1. The van der Waals surface area contributed by atoms with Gasteiger partial charge in [-0.15, -0.1) is 0 Å². The van der Waals surface area contributed by atoms with E-state index in [0.717, 1.165) is 5.56 Å². The Kier molecular flexibility index (Phi) is 10.4. The van der Waals surface area contributed by atoms with Gasteiger partial charge in [-0.2, -0.15) is 0 Å². The zero-order valence-electron chi connectivity index (χ0n) is 25.9. The molecule has 2 heterocycles. The predicted octanol–water partition coefficient (Wildman–Crippen LogP) is 6.10. The Morgan fingerprint density at radius 2 is 1.76 bits per heavy atom. The number of rotatable bonds is 11. The highest BCUT2D eigenvalue weighted by atomic mass is 35.5. The van der Waals surface area contributed by atoms with Crippen LogP contribution < -0.4 is 33.8 Å². The SMILES string of the molecule is CCOC(=O)C1=C(C)N=c2s/c(=C\c3ccc(OCc4cc(OC)ccc4OC)c(OCC)c3)c(=O)n2[C@H]1c1cccc(Cl)c1Cl. The zero-order valence-corrected chi connectivity index (χ0v) is 28.2. The van der Waals surface area contributed by atoms with Gasteiger partial charge < -0.3 is 23.7 Å². The molecule has 240 valence electrons. The summed E-state index contributed by atoms with van der Waals surface area (Å²) in [7, 11) is 3.20. The Morgan fingerprint density at radius 1 is 0.978 bits per heavy atom. The summed E-state index contributed by atoms with van der Waals surface area (Å²) in [6.45, 7) is 6.08. The lowest BCUT2D eigenvalue weighted by Crippen LogP contribution is -2.40. The number of halogens is 2. The quantitative estimate of drug-likeness (QED) is 0.176. The molecule has 0 saturated heterocycles. The second kappa shape index (κ2) is 14.5. The molecule has 46 heavy (non-hydrogen) atoms. The Hall–Kier alpha value is -4.25. The van der Waals surface area contributed by atoms with Crippen LogP contribution >= 0.6 is 34.5 Å². The van der Waals surface area contributed by atoms with E-state index in [0.29, 0.717) is 60.8 Å². The molecule has 0 spiro atoms. The van der Waals surface area contributed by atoms with E-state index in [1.54, 1.807) is 64.5 Å². The van der Waals surface area contributed by atoms with Gasteiger partial charge in [0, 0.05) is 11.1 Å². The number of nitrogens with zero attached hydrogens (tertiary/aromatic N) is 2. The lowest BCUT2D eigenvalue weighted by molar-refractivity contribution is -0.139. The minimum Gasteiger partial charge on any atom is -0.497 e. The third-order valence-electron chi connectivity index (χ3n) is 7.23. The highest BCUT2D eigenvalue weighted by Crippen LogP contribution is 2.37. The predicted molar refractivity (Wildman–Crippen MR) is 178 cm³/mol. The van der Waals surface area contributed by atoms with Crippen LogP contribution in [0.1, 0.15) is 43.5 Å². The number of aromatic nitrogens is 1. The first-order valence-electron chi connectivity index (χ1n) is 14.4. The zero-order chi connectivity index (χ0) is 33.0. The van der Waals surface area contributed by atoms with Crippen molar-refractivity contribution in [2.24, 2.45) is 4.99 Å². The number of ether oxygens (including phenoxy) is 5. The van der Waals surface area contributed by atoms with Crippen molar-refractivity contribution in [2.45, 2.75) is 33.4 Å². The van der Waals surface area contributed by atoms with E-state index in [4.69, 9.17) is 46.9 Å². The van der Waals surface area contributed by atoms with Crippen LogP contribution in [-0.4, -0.2) is 38.0 Å². The topological polar surface area (TPSA) is 97.6 Å². The molecule has 5 rings (SSSR count). The first kappa shape index (κ1) is 33.1. The Bertz CT molecular complexity index is 2000. The molecule has 1 aliphatic rings. The number of fused-ring (bicyclic) bond motifs is 1. The number of hydrogen-bond acceptors (Lipinski definition) is 9. The van der Waals surface area contributed by atoms with Crippen LogP contribution in [0.4, 0.5) is 0 Å². The van der Waals surface area contributed by atoms with Gasteiger partial charge in [0.15, 0.2) is 16.3 Å². The fourth-order valence-electron chi connectivity index (χ4n) is 5.12. The van der Waals surface area contributed by atoms with E-state index in [-0.39, 0.29) is 29.4 Å². The van der Waals surface area contributed by atoms with E-state index >= 15 is 0 Å². The number of carbonyl (C=O) groups excluding carboxylic acids is 1. The summed E-state index contributed by atoms with van der Waals surface area (Å²) in [6.07, 6.45) is 1.75. The molecule has 0 radical (unpaired) electrons. The van der Waals surface area contributed by atoms with Crippen molar-refractivity contribution in [2.75, 3.05) is 27.4 Å². The Balaban J connectivity index is 1.56. The van der Waals surface area contributed by atoms with Crippen molar-refractivity contribution in [3.05, 3.63) is 112 Å². The number of carbonyl (C=O) groups is 1. The highest BCUT2D eigenvalue weighted by Gasteiger charge is 2.35. The molecule has 0 saturated carbocycles. The molecule has 1 aromatic heterocycles. The van der Waals surface area contributed by atoms with Crippen LogP contribution in [0.5, 0.6) is 23.0 Å². The van der Waals surface area contributed by atoms with E-state index in [9.17, 15) is 9.59 Å². The molecule has 3 aromatic carbocycles. The molecule has 12 heteroatoms. The van der Waals surface area contributed by atoms with Crippen molar-refractivity contribution < 1.29 is 28.5 Å². The molecule has 9 nitrogen and oxygen atoms in total. The molecular formula is C34H32Cl2N2O7S. The Labute approximate surface area is 279 Å². The van der Waals surface area contributed by atoms with Crippen molar-refractivity contribution in [1.82, 2.24) is 4.57 Å². The van der Waals surface area contributed by atoms with Crippen LogP contribution in [0.25, 0.3) is 6.08 Å².